The third kappa shape index (κ3) is 4.11. The molecule has 0 saturated carbocycles. The fourth-order valence-corrected chi connectivity index (χ4v) is 2.72. The molecule has 0 aliphatic heterocycles. The van der Waals surface area contributed by atoms with Gasteiger partial charge in [0.25, 0.3) is 0 Å². The second-order valence-electron chi connectivity index (χ2n) is 5.55. The summed E-state index contributed by atoms with van der Waals surface area (Å²) in [7, 11) is 0. The van der Waals surface area contributed by atoms with Gasteiger partial charge in [-0.15, -0.1) is 0 Å². The summed E-state index contributed by atoms with van der Waals surface area (Å²) in [5, 5.41) is 1.84. The van der Waals surface area contributed by atoms with Gasteiger partial charge in [-0.3, -0.25) is 4.98 Å². The topological polar surface area (TPSA) is 38.9 Å². The smallest absolute Gasteiger partial charge is 0.0720 e. The van der Waals surface area contributed by atoms with Gasteiger partial charge < -0.3 is 5.73 Å². The Balaban J connectivity index is 1.58. The lowest BCUT2D eigenvalue weighted by molar-refractivity contribution is 0.950. The molecule has 3 heteroatoms. The molecule has 0 fully saturated rings. The second kappa shape index (κ2) is 7.30. The zero-order chi connectivity index (χ0) is 16.1. The van der Waals surface area contributed by atoms with Crippen LogP contribution in [0, 0.1) is 0 Å². The van der Waals surface area contributed by atoms with Crippen LogP contribution in [-0.4, -0.2) is 4.98 Å². The van der Waals surface area contributed by atoms with Crippen molar-refractivity contribution in [3.8, 4) is 0 Å². The number of hydrogen-bond donors (Lipinski definition) is 1. The Morgan fingerprint density at radius 2 is 1.83 bits per heavy atom. The molecule has 1 aromatic heterocycles. The Morgan fingerprint density at radius 3 is 2.70 bits per heavy atom. The first-order chi connectivity index (χ1) is 11.2. The molecule has 2 nitrogen and oxygen atoms in total. The summed E-state index contributed by atoms with van der Waals surface area (Å²) in [6.45, 7) is 0. The highest BCUT2D eigenvalue weighted by atomic mass is 35.5. The average molecular weight is 323 g/mol. The molecule has 116 valence electrons. The zero-order valence-corrected chi connectivity index (χ0v) is 13.6. The van der Waals surface area contributed by atoms with Crippen molar-refractivity contribution in [1.82, 2.24) is 4.98 Å². The van der Waals surface area contributed by atoms with Gasteiger partial charge in [-0.1, -0.05) is 54.1 Å². The number of para-hydroxylation sites is 1. The van der Waals surface area contributed by atoms with Crippen molar-refractivity contribution in [3.63, 3.8) is 0 Å². The molecule has 0 atom stereocenters. The molecule has 2 N–H and O–H groups in total. The molecule has 0 unspecified atom stereocenters. The number of allylic oxidation sites excluding steroid dienone is 2. The van der Waals surface area contributed by atoms with Crippen LogP contribution in [0.4, 0.5) is 5.69 Å². The van der Waals surface area contributed by atoms with Crippen LogP contribution in [0.3, 0.4) is 0 Å². The number of halogens is 1. The third-order valence-corrected chi connectivity index (χ3v) is 4.07. The molecule has 0 amide bonds. The van der Waals surface area contributed by atoms with E-state index in [1.54, 1.807) is 0 Å². The number of fused-ring (bicyclic) bond motifs is 1. The number of pyridine rings is 1. The minimum Gasteiger partial charge on any atom is -0.398 e. The van der Waals surface area contributed by atoms with Crippen molar-refractivity contribution >= 4 is 28.2 Å². The summed E-state index contributed by atoms with van der Waals surface area (Å²) in [5.41, 5.74) is 10.00. The summed E-state index contributed by atoms with van der Waals surface area (Å²) in [5.74, 6) is 0. The number of aryl methyl sites for hydroxylation is 1. The van der Waals surface area contributed by atoms with E-state index >= 15 is 0 Å². The molecule has 0 aliphatic rings. The predicted molar refractivity (Wildman–Crippen MR) is 98.8 cm³/mol. The van der Waals surface area contributed by atoms with Crippen molar-refractivity contribution in [2.45, 2.75) is 19.3 Å². The van der Waals surface area contributed by atoms with Gasteiger partial charge in [0, 0.05) is 21.8 Å². The molecule has 0 saturated heterocycles. The van der Waals surface area contributed by atoms with Crippen molar-refractivity contribution in [3.05, 3.63) is 83.0 Å². The minimum absolute atomic E-state index is 0.725. The van der Waals surface area contributed by atoms with E-state index in [1.807, 2.05) is 36.4 Å². The van der Waals surface area contributed by atoms with Crippen LogP contribution in [0.2, 0.25) is 5.02 Å². The highest BCUT2D eigenvalue weighted by Crippen LogP contribution is 2.18. The van der Waals surface area contributed by atoms with Crippen molar-refractivity contribution in [2.24, 2.45) is 0 Å². The Bertz CT molecular complexity index is 840. The highest BCUT2D eigenvalue weighted by molar-refractivity contribution is 6.31. The molecule has 0 bridgehead atoms. The van der Waals surface area contributed by atoms with Gasteiger partial charge in [-0.2, -0.15) is 0 Å². The van der Waals surface area contributed by atoms with Crippen LogP contribution in [-0.2, 0) is 12.8 Å². The van der Waals surface area contributed by atoms with Crippen molar-refractivity contribution < 1.29 is 0 Å². The van der Waals surface area contributed by atoms with Gasteiger partial charge in [-0.05, 0) is 49.1 Å². The molecule has 3 aromatic rings. The first kappa shape index (κ1) is 15.6. The number of anilines is 1. The lowest BCUT2D eigenvalue weighted by Crippen LogP contribution is -1.92. The average Bonchev–Trinajstić information content (AvgIpc) is 2.56. The summed E-state index contributed by atoms with van der Waals surface area (Å²) in [6.07, 6.45) is 7.11. The van der Waals surface area contributed by atoms with E-state index < -0.39 is 0 Å². The van der Waals surface area contributed by atoms with Crippen molar-refractivity contribution in [2.75, 3.05) is 5.73 Å². The molecular weight excluding hydrogens is 304 g/mol. The minimum atomic E-state index is 0.725. The highest BCUT2D eigenvalue weighted by Gasteiger charge is 1.99. The maximum absolute atomic E-state index is 6.03. The number of nitrogen functional groups attached to an aromatic ring is 1. The van der Waals surface area contributed by atoms with E-state index in [0.29, 0.717) is 0 Å². The molecule has 2 aromatic carbocycles. The number of nitrogens with two attached hydrogens (primary N) is 1. The van der Waals surface area contributed by atoms with E-state index in [9.17, 15) is 0 Å². The van der Waals surface area contributed by atoms with Crippen LogP contribution in [0.15, 0.2) is 66.7 Å². The number of rotatable bonds is 5. The number of nitrogens with zero attached hydrogens (tertiary/aromatic N) is 1. The lowest BCUT2D eigenvalue weighted by Gasteiger charge is -2.03. The number of benzene rings is 2. The summed E-state index contributed by atoms with van der Waals surface area (Å²) < 4.78 is 0. The molecule has 0 aliphatic carbocycles. The van der Waals surface area contributed by atoms with Crippen LogP contribution in [0.1, 0.15) is 17.7 Å². The Morgan fingerprint density at radius 1 is 1.00 bits per heavy atom. The first-order valence-corrected chi connectivity index (χ1v) is 8.14. The van der Waals surface area contributed by atoms with E-state index in [2.05, 4.69) is 35.3 Å². The maximum atomic E-state index is 6.03. The van der Waals surface area contributed by atoms with Crippen LogP contribution >= 0.6 is 11.6 Å². The molecule has 0 radical (unpaired) electrons. The standard InChI is InChI=1S/C20H19ClN2/c21-17-12-10-16-11-13-18(23-20(16)14-17)8-3-1-2-6-15-7-4-5-9-19(15)22/h1-2,4-5,7,9-14H,3,6,8,22H2/b2-1+. The van der Waals surface area contributed by atoms with E-state index in [4.69, 9.17) is 17.3 Å². The normalized spacial score (nSPS) is 11.3. The fourth-order valence-electron chi connectivity index (χ4n) is 2.55. The maximum Gasteiger partial charge on any atom is 0.0720 e. The van der Waals surface area contributed by atoms with Crippen molar-refractivity contribution in [1.29, 1.82) is 0 Å². The summed E-state index contributed by atoms with van der Waals surface area (Å²) >= 11 is 6.03. The molecule has 0 spiro atoms. The van der Waals surface area contributed by atoms with Gasteiger partial charge >= 0.3 is 0 Å². The Hall–Kier alpha value is -2.32. The largest absolute Gasteiger partial charge is 0.398 e. The van der Waals surface area contributed by atoms with Crippen LogP contribution in [0.5, 0.6) is 0 Å². The van der Waals surface area contributed by atoms with Gasteiger partial charge in [0.15, 0.2) is 0 Å². The number of aromatic nitrogens is 1. The lowest BCUT2D eigenvalue weighted by atomic mass is 10.1. The van der Waals surface area contributed by atoms with E-state index in [1.165, 1.54) is 5.56 Å². The summed E-state index contributed by atoms with van der Waals surface area (Å²) in [4.78, 5) is 4.67. The zero-order valence-electron chi connectivity index (χ0n) is 12.9. The fraction of sp³-hybridized carbons (Fsp3) is 0.150. The van der Waals surface area contributed by atoms with Crippen LogP contribution < -0.4 is 5.73 Å². The van der Waals surface area contributed by atoms with Crippen LogP contribution in [0.25, 0.3) is 10.9 Å². The second-order valence-corrected chi connectivity index (χ2v) is 5.99. The Labute approximate surface area is 141 Å². The first-order valence-electron chi connectivity index (χ1n) is 7.76. The van der Waals surface area contributed by atoms with E-state index in [-0.39, 0.29) is 0 Å². The Kier molecular flexibility index (Phi) is 4.94. The molecular formula is C20H19ClN2. The van der Waals surface area contributed by atoms with Gasteiger partial charge in [0.2, 0.25) is 0 Å². The summed E-state index contributed by atoms with van der Waals surface area (Å²) in [6, 6.07) is 18.0. The quantitative estimate of drug-likeness (QED) is 0.518. The molecule has 3 rings (SSSR count). The predicted octanol–water partition coefficient (Wildman–Crippen LogP) is 5.20. The molecule has 23 heavy (non-hydrogen) atoms. The number of hydrogen-bond acceptors (Lipinski definition) is 2. The third-order valence-electron chi connectivity index (χ3n) is 3.84. The van der Waals surface area contributed by atoms with E-state index in [0.717, 1.165) is 46.6 Å². The SMILES string of the molecule is Nc1ccccc1C/C=C/CCc1ccc2ccc(Cl)cc2n1. The van der Waals surface area contributed by atoms with Gasteiger partial charge in [0.1, 0.15) is 0 Å². The monoisotopic (exact) mass is 322 g/mol. The molecule has 1 heterocycles. The van der Waals surface area contributed by atoms with Gasteiger partial charge in [0.05, 0.1) is 5.52 Å². The van der Waals surface area contributed by atoms with Gasteiger partial charge in [-0.25, -0.2) is 0 Å².